The molecule has 5 heteroatoms. The van der Waals surface area contributed by atoms with Gasteiger partial charge in [-0.05, 0) is 70.8 Å². The molecule has 0 fully saturated rings. The third-order valence-electron chi connectivity index (χ3n) is 9.63. The van der Waals surface area contributed by atoms with Crippen LogP contribution in [0.4, 0.5) is 0 Å². The van der Waals surface area contributed by atoms with Gasteiger partial charge in [0, 0.05) is 51.0 Å². The van der Waals surface area contributed by atoms with Crippen molar-refractivity contribution in [3.63, 3.8) is 0 Å². The summed E-state index contributed by atoms with van der Waals surface area (Å²) in [6.45, 7) is 0. The summed E-state index contributed by atoms with van der Waals surface area (Å²) >= 11 is 0. The number of furan rings is 1. The van der Waals surface area contributed by atoms with Gasteiger partial charge < -0.3 is 9.15 Å². The maximum Gasteiger partial charge on any atom is 0.161 e. The van der Waals surface area contributed by atoms with Gasteiger partial charge in [-0.25, -0.2) is 9.97 Å². The Bertz CT molecular complexity index is 2760. The Hall–Kier alpha value is -7.11. The molecule has 3 aromatic heterocycles. The Morgan fingerprint density at radius 1 is 0.423 bits per heavy atom. The fraction of sp³-hybridized carbons (Fsp3) is 0. The average molecular weight is 668 g/mol. The lowest BCUT2D eigenvalue weighted by atomic mass is 9.93. The molecule has 0 unspecified atom stereocenters. The van der Waals surface area contributed by atoms with Gasteiger partial charge in [-0.15, -0.1) is 0 Å². The fourth-order valence-corrected chi connectivity index (χ4v) is 7.08. The zero-order valence-electron chi connectivity index (χ0n) is 27.9. The van der Waals surface area contributed by atoms with E-state index in [4.69, 9.17) is 19.1 Å². The summed E-state index contributed by atoms with van der Waals surface area (Å²) in [4.78, 5) is 14.5. The van der Waals surface area contributed by atoms with Crippen LogP contribution in [-0.2, 0) is 0 Å². The molecule has 0 radical (unpaired) electrons. The van der Waals surface area contributed by atoms with Crippen LogP contribution in [0, 0.1) is 0 Å². The second-order valence-corrected chi connectivity index (χ2v) is 12.8. The van der Waals surface area contributed by atoms with Gasteiger partial charge in [-0.1, -0.05) is 115 Å². The van der Waals surface area contributed by atoms with Crippen molar-refractivity contribution in [3.05, 3.63) is 175 Å². The van der Waals surface area contributed by atoms with Crippen molar-refractivity contribution in [1.82, 2.24) is 15.0 Å². The number of pyridine rings is 1. The lowest BCUT2D eigenvalue weighted by molar-refractivity contribution is 0.487. The second kappa shape index (κ2) is 12.3. The SMILES string of the molecule is C1=Cc2ccc(-c3cc(-c4ccccc4)nc(-c4cccnc4)n3)cc2-c2cc3oc4ccccc4c3cc2Oc2ccccc2-c2ccccc21. The van der Waals surface area contributed by atoms with Crippen LogP contribution >= 0.6 is 0 Å². The van der Waals surface area contributed by atoms with Crippen molar-refractivity contribution in [1.29, 1.82) is 0 Å². The van der Waals surface area contributed by atoms with E-state index in [2.05, 4.69) is 108 Å². The van der Waals surface area contributed by atoms with Crippen LogP contribution in [0.5, 0.6) is 11.5 Å². The molecule has 244 valence electrons. The minimum Gasteiger partial charge on any atom is -0.456 e. The molecule has 4 heterocycles. The second-order valence-electron chi connectivity index (χ2n) is 12.8. The highest BCUT2D eigenvalue weighted by molar-refractivity contribution is 6.07. The topological polar surface area (TPSA) is 61.0 Å². The van der Waals surface area contributed by atoms with Crippen molar-refractivity contribution >= 4 is 34.1 Å². The maximum atomic E-state index is 7.01. The van der Waals surface area contributed by atoms with Gasteiger partial charge in [-0.3, -0.25) is 4.98 Å². The van der Waals surface area contributed by atoms with Gasteiger partial charge in [-0.2, -0.15) is 0 Å². The van der Waals surface area contributed by atoms with E-state index in [0.717, 1.165) is 94.9 Å². The van der Waals surface area contributed by atoms with Crippen molar-refractivity contribution in [3.8, 4) is 67.7 Å². The molecular formula is C47H29N3O2. The third-order valence-corrected chi connectivity index (χ3v) is 9.63. The minimum atomic E-state index is 0.613. The molecule has 0 N–H and O–H groups in total. The molecule has 0 amide bonds. The van der Waals surface area contributed by atoms with E-state index in [0.29, 0.717) is 5.82 Å². The monoisotopic (exact) mass is 667 g/mol. The average Bonchev–Trinajstić information content (AvgIpc) is 3.57. The highest BCUT2D eigenvalue weighted by atomic mass is 16.5. The van der Waals surface area contributed by atoms with E-state index in [1.54, 1.807) is 12.4 Å². The molecule has 0 atom stereocenters. The summed E-state index contributed by atoms with van der Waals surface area (Å²) in [6.07, 6.45) is 7.94. The lowest BCUT2D eigenvalue weighted by Crippen LogP contribution is -1.97. The Morgan fingerprint density at radius 3 is 2.02 bits per heavy atom. The van der Waals surface area contributed by atoms with Gasteiger partial charge in [0.2, 0.25) is 0 Å². The van der Waals surface area contributed by atoms with Gasteiger partial charge >= 0.3 is 0 Å². The van der Waals surface area contributed by atoms with E-state index in [-0.39, 0.29) is 0 Å². The molecule has 1 aliphatic heterocycles. The number of benzene rings is 6. The van der Waals surface area contributed by atoms with Crippen LogP contribution in [0.15, 0.2) is 168 Å². The molecule has 0 saturated heterocycles. The molecular weight excluding hydrogens is 639 g/mol. The van der Waals surface area contributed by atoms with E-state index < -0.39 is 0 Å². The molecule has 0 spiro atoms. The predicted octanol–water partition coefficient (Wildman–Crippen LogP) is 12.4. The van der Waals surface area contributed by atoms with Crippen LogP contribution in [0.2, 0.25) is 0 Å². The smallest absolute Gasteiger partial charge is 0.161 e. The molecule has 0 saturated carbocycles. The van der Waals surface area contributed by atoms with Gasteiger partial charge in [0.1, 0.15) is 22.7 Å². The summed E-state index contributed by atoms with van der Waals surface area (Å²) in [5.41, 5.74) is 12.2. The molecule has 9 aromatic rings. The quantitative estimate of drug-likeness (QED) is 0.188. The molecule has 52 heavy (non-hydrogen) atoms. The predicted molar refractivity (Wildman–Crippen MR) is 210 cm³/mol. The lowest BCUT2D eigenvalue weighted by Gasteiger charge is -2.17. The number of aromatic nitrogens is 3. The summed E-state index contributed by atoms with van der Waals surface area (Å²) < 4.78 is 13.5. The Balaban J connectivity index is 1.24. The summed E-state index contributed by atoms with van der Waals surface area (Å²) in [5, 5.41) is 2.04. The Morgan fingerprint density at radius 2 is 1.15 bits per heavy atom. The van der Waals surface area contributed by atoms with Crippen molar-refractivity contribution in [2.24, 2.45) is 0 Å². The van der Waals surface area contributed by atoms with Crippen LogP contribution in [0.25, 0.3) is 90.2 Å². The number of para-hydroxylation sites is 2. The number of ether oxygens (including phenoxy) is 1. The Labute approximate surface area is 300 Å². The summed E-state index contributed by atoms with van der Waals surface area (Å²) in [5.74, 6) is 2.13. The zero-order valence-corrected chi connectivity index (χ0v) is 27.9. The fourth-order valence-electron chi connectivity index (χ4n) is 7.08. The highest BCUT2D eigenvalue weighted by Gasteiger charge is 2.21. The van der Waals surface area contributed by atoms with Gasteiger partial charge in [0.05, 0.1) is 11.4 Å². The molecule has 1 aliphatic rings. The number of fused-ring (bicyclic) bond motifs is 9. The van der Waals surface area contributed by atoms with E-state index in [9.17, 15) is 0 Å². The van der Waals surface area contributed by atoms with Crippen LogP contribution in [0.3, 0.4) is 0 Å². The summed E-state index contributed by atoms with van der Waals surface area (Å²) in [6, 6.07) is 51.7. The normalized spacial score (nSPS) is 11.9. The van der Waals surface area contributed by atoms with Crippen LogP contribution in [0.1, 0.15) is 11.1 Å². The number of hydrogen-bond acceptors (Lipinski definition) is 5. The first-order valence-corrected chi connectivity index (χ1v) is 17.2. The minimum absolute atomic E-state index is 0.613. The molecule has 10 rings (SSSR count). The third kappa shape index (κ3) is 5.24. The highest BCUT2D eigenvalue weighted by Crippen LogP contribution is 2.45. The molecule has 0 bridgehead atoms. The number of hydrogen-bond donors (Lipinski definition) is 0. The van der Waals surface area contributed by atoms with E-state index in [1.807, 2.05) is 60.7 Å². The number of rotatable bonds is 3. The van der Waals surface area contributed by atoms with Crippen molar-refractivity contribution in [2.45, 2.75) is 0 Å². The summed E-state index contributed by atoms with van der Waals surface area (Å²) in [7, 11) is 0. The maximum absolute atomic E-state index is 7.01. The van der Waals surface area contributed by atoms with Gasteiger partial charge in [0.25, 0.3) is 0 Å². The van der Waals surface area contributed by atoms with Crippen LogP contribution < -0.4 is 4.74 Å². The van der Waals surface area contributed by atoms with Gasteiger partial charge in [0.15, 0.2) is 5.82 Å². The largest absolute Gasteiger partial charge is 0.456 e. The molecule has 0 aliphatic carbocycles. The first-order chi connectivity index (χ1) is 25.7. The van der Waals surface area contributed by atoms with Crippen molar-refractivity contribution in [2.75, 3.05) is 0 Å². The number of nitrogens with zero attached hydrogens (tertiary/aromatic N) is 3. The van der Waals surface area contributed by atoms with E-state index >= 15 is 0 Å². The van der Waals surface area contributed by atoms with Crippen LogP contribution in [-0.4, -0.2) is 15.0 Å². The zero-order chi connectivity index (χ0) is 34.4. The van der Waals surface area contributed by atoms with E-state index in [1.165, 1.54) is 0 Å². The standard InChI is InChI=1S/C47H29N3O2/c1-2-12-32(13-3-1)41-28-42(50-47(49-41)34-14-10-24-48-29-34)33-23-22-31-21-20-30-11-4-5-15-35(30)36-16-6-8-18-43(36)51-46-26-39-37-17-7-9-19-44(37)52-45(39)27-40(46)38(31)25-33/h1-29H. The first kappa shape index (κ1) is 29.8. The van der Waals surface area contributed by atoms with Crippen molar-refractivity contribution < 1.29 is 9.15 Å². The first-order valence-electron chi connectivity index (χ1n) is 17.2. The molecule has 5 nitrogen and oxygen atoms in total. The molecule has 6 aromatic carbocycles. The Kier molecular flexibility index (Phi) is 7.07.